The van der Waals surface area contributed by atoms with E-state index in [2.05, 4.69) is 5.10 Å². The van der Waals surface area contributed by atoms with Gasteiger partial charge in [0.05, 0.1) is 19.3 Å². The molecule has 0 saturated heterocycles. The predicted molar refractivity (Wildman–Crippen MR) is 73.9 cm³/mol. The molecule has 1 aromatic heterocycles. The van der Waals surface area contributed by atoms with E-state index in [1.165, 1.54) is 0 Å². The van der Waals surface area contributed by atoms with Crippen LogP contribution in [0.3, 0.4) is 0 Å². The Kier molecular flexibility index (Phi) is 4.47. The van der Waals surface area contributed by atoms with Crippen LogP contribution in [0.5, 0.6) is 0 Å². The van der Waals surface area contributed by atoms with Gasteiger partial charge < -0.3 is 4.74 Å². The summed E-state index contributed by atoms with van der Waals surface area (Å²) in [5.74, 6) is 0.174. The summed E-state index contributed by atoms with van der Waals surface area (Å²) in [5, 5.41) is 4.29. The van der Waals surface area contributed by atoms with E-state index in [0.717, 1.165) is 23.2 Å². The quantitative estimate of drug-likeness (QED) is 0.798. The summed E-state index contributed by atoms with van der Waals surface area (Å²) >= 11 is 0. The molecule has 0 aliphatic carbocycles. The normalized spacial score (nSPS) is 10.6. The van der Waals surface area contributed by atoms with Crippen LogP contribution in [0.15, 0.2) is 36.7 Å². The van der Waals surface area contributed by atoms with Gasteiger partial charge in [-0.1, -0.05) is 24.3 Å². The zero-order chi connectivity index (χ0) is 13.7. The third-order valence-corrected chi connectivity index (χ3v) is 2.87. The average molecular weight is 258 g/mol. The highest BCUT2D eigenvalue weighted by Crippen LogP contribution is 2.20. The molecule has 2 aromatic rings. The average Bonchev–Trinajstić information content (AvgIpc) is 2.84. The van der Waals surface area contributed by atoms with E-state index < -0.39 is 0 Å². The lowest BCUT2D eigenvalue weighted by atomic mass is 10.0. The smallest absolute Gasteiger partial charge is 0.134 e. The number of hydrogen-bond acceptors (Lipinski definition) is 3. The molecule has 0 radical (unpaired) electrons. The summed E-state index contributed by atoms with van der Waals surface area (Å²) in [5.41, 5.74) is 3.18. The van der Waals surface area contributed by atoms with Crippen LogP contribution >= 0.6 is 0 Å². The fourth-order valence-corrected chi connectivity index (χ4v) is 1.97. The molecule has 0 saturated carbocycles. The first-order valence-corrected chi connectivity index (χ1v) is 6.29. The molecule has 0 N–H and O–H groups in total. The highest BCUT2D eigenvalue weighted by molar-refractivity contribution is 5.78. The number of aromatic nitrogens is 2. The van der Waals surface area contributed by atoms with Gasteiger partial charge in [-0.2, -0.15) is 5.10 Å². The Morgan fingerprint density at radius 2 is 2.21 bits per heavy atom. The van der Waals surface area contributed by atoms with Crippen LogP contribution in [0.4, 0.5) is 0 Å². The predicted octanol–water partition coefficient (Wildman–Crippen LogP) is 2.33. The van der Waals surface area contributed by atoms with Gasteiger partial charge in [0.2, 0.25) is 0 Å². The molecule has 0 bridgehead atoms. The second-order valence-corrected chi connectivity index (χ2v) is 4.56. The summed E-state index contributed by atoms with van der Waals surface area (Å²) in [7, 11) is 1.68. The summed E-state index contributed by atoms with van der Waals surface area (Å²) in [6, 6.07) is 8.01. The third kappa shape index (κ3) is 3.76. The number of carbonyl (C=O) groups is 1. The number of rotatable bonds is 6. The number of ether oxygens (including phenoxy) is 1. The minimum absolute atomic E-state index is 0.174. The lowest BCUT2D eigenvalue weighted by Crippen LogP contribution is -2.03. The van der Waals surface area contributed by atoms with Crippen molar-refractivity contribution in [2.45, 2.75) is 19.9 Å². The SMILES string of the molecule is COCCn1cc(-c2cccc(CC(C)=O)c2)cn1. The fraction of sp³-hybridized carbons (Fsp3) is 0.333. The van der Waals surface area contributed by atoms with E-state index in [0.29, 0.717) is 13.0 Å². The van der Waals surface area contributed by atoms with Crippen molar-refractivity contribution in [3.63, 3.8) is 0 Å². The first kappa shape index (κ1) is 13.5. The number of benzene rings is 1. The lowest BCUT2D eigenvalue weighted by Gasteiger charge is -2.02. The van der Waals surface area contributed by atoms with Gasteiger partial charge in [-0.25, -0.2) is 0 Å². The summed E-state index contributed by atoms with van der Waals surface area (Å²) < 4.78 is 6.88. The second kappa shape index (κ2) is 6.29. The highest BCUT2D eigenvalue weighted by Gasteiger charge is 2.04. The Hall–Kier alpha value is -1.94. The van der Waals surface area contributed by atoms with Gasteiger partial charge in [-0.15, -0.1) is 0 Å². The van der Waals surface area contributed by atoms with Crippen LogP contribution in [0, 0.1) is 0 Å². The molecule has 0 unspecified atom stereocenters. The monoisotopic (exact) mass is 258 g/mol. The standard InChI is InChI=1S/C15H18N2O2/c1-12(18)8-13-4-3-5-14(9-13)15-10-16-17(11-15)6-7-19-2/h3-5,9-11H,6-8H2,1-2H3. The maximum atomic E-state index is 11.2. The van der Waals surface area contributed by atoms with Crippen molar-refractivity contribution in [2.24, 2.45) is 0 Å². The first-order valence-electron chi connectivity index (χ1n) is 6.29. The number of methoxy groups -OCH3 is 1. The summed E-state index contributed by atoms with van der Waals surface area (Å²) in [6.45, 7) is 2.99. The van der Waals surface area contributed by atoms with Crippen molar-refractivity contribution >= 4 is 5.78 Å². The van der Waals surface area contributed by atoms with E-state index in [9.17, 15) is 4.79 Å². The molecule has 4 heteroatoms. The van der Waals surface area contributed by atoms with Crippen LogP contribution in [-0.2, 0) is 22.5 Å². The molecule has 0 aliphatic heterocycles. The van der Waals surface area contributed by atoms with Crippen molar-refractivity contribution < 1.29 is 9.53 Å². The second-order valence-electron chi connectivity index (χ2n) is 4.56. The minimum atomic E-state index is 0.174. The third-order valence-electron chi connectivity index (χ3n) is 2.87. The lowest BCUT2D eigenvalue weighted by molar-refractivity contribution is -0.116. The zero-order valence-electron chi connectivity index (χ0n) is 11.3. The van der Waals surface area contributed by atoms with Gasteiger partial charge in [0, 0.05) is 25.3 Å². The van der Waals surface area contributed by atoms with Gasteiger partial charge in [0.15, 0.2) is 0 Å². The molecule has 0 amide bonds. The number of nitrogens with zero attached hydrogens (tertiary/aromatic N) is 2. The fourth-order valence-electron chi connectivity index (χ4n) is 1.97. The van der Waals surface area contributed by atoms with Crippen LogP contribution in [-0.4, -0.2) is 29.3 Å². The minimum Gasteiger partial charge on any atom is -0.383 e. The molecule has 4 nitrogen and oxygen atoms in total. The van der Waals surface area contributed by atoms with E-state index in [4.69, 9.17) is 4.74 Å². The highest BCUT2D eigenvalue weighted by atomic mass is 16.5. The molecule has 19 heavy (non-hydrogen) atoms. The van der Waals surface area contributed by atoms with E-state index in [1.807, 2.05) is 41.3 Å². The van der Waals surface area contributed by atoms with Crippen LogP contribution in [0.1, 0.15) is 12.5 Å². The molecular weight excluding hydrogens is 240 g/mol. The van der Waals surface area contributed by atoms with Gasteiger partial charge in [0.25, 0.3) is 0 Å². The van der Waals surface area contributed by atoms with Crippen molar-refractivity contribution in [1.82, 2.24) is 9.78 Å². The Balaban J connectivity index is 2.16. The van der Waals surface area contributed by atoms with E-state index >= 15 is 0 Å². The van der Waals surface area contributed by atoms with Crippen molar-refractivity contribution in [3.8, 4) is 11.1 Å². The van der Waals surface area contributed by atoms with Gasteiger partial charge in [-0.3, -0.25) is 9.48 Å². The van der Waals surface area contributed by atoms with E-state index in [-0.39, 0.29) is 5.78 Å². The Bertz CT molecular complexity index is 561. The molecule has 0 aliphatic rings. The molecule has 2 rings (SSSR count). The van der Waals surface area contributed by atoms with Crippen molar-refractivity contribution in [3.05, 3.63) is 42.2 Å². The number of Topliss-reactive ketones (excluding diaryl/α,β-unsaturated/α-hetero) is 1. The van der Waals surface area contributed by atoms with Crippen LogP contribution < -0.4 is 0 Å². The number of hydrogen-bond donors (Lipinski definition) is 0. The number of ketones is 1. The van der Waals surface area contributed by atoms with Crippen molar-refractivity contribution in [1.29, 1.82) is 0 Å². The maximum absolute atomic E-state index is 11.2. The molecule has 0 spiro atoms. The van der Waals surface area contributed by atoms with Crippen molar-refractivity contribution in [2.75, 3.05) is 13.7 Å². The Morgan fingerprint density at radius 1 is 1.37 bits per heavy atom. The van der Waals surface area contributed by atoms with Gasteiger partial charge >= 0.3 is 0 Å². The van der Waals surface area contributed by atoms with Gasteiger partial charge in [0.1, 0.15) is 5.78 Å². The Labute approximate surface area is 113 Å². The zero-order valence-corrected chi connectivity index (χ0v) is 11.3. The van der Waals surface area contributed by atoms with E-state index in [1.54, 1.807) is 14.0 Å². The molecule has 0 fully saturated rings. The molecule has 1 heterocycles. The first-order chi connectivity index (χ1) is 9.19. The molecule has 0 atom stereocenters. The van der Waals surface area contributed by atoms with Gasteiger partial charge in [-0.05, 0) is 18.1 Å². The molecular formula is C15H18N2O2. The van der Waals surface area contributed by atoms with Crippen LogP contribution in [0.25, 0.3) is 11.1 Å². The molecule has 100 valence electrons. The largest absolute Gasteiger partial charge is 0.383 e. The summed E-state index contributed by atoms with van der Waals surface area (Å²) in [4.78, 5) is 11.2. The molecule has 1 aromatic carbocycles. The maximum Gasteiger partial charge on any atom is 0.134 e. The topological polar surface area (TPSA) is 44.1 Å². The Morgan fingerprint density at radius 3 is 2.95 bits per heavy atom. The number of carbonyl (C=O) groups excluding carboxylic acids is 1. The van der Waals surface area contributed by atoms with Crippen LogP contribution in [0.2, 0.25) is 0 Å². The summed E-state index contributed by atoms with van der Waals surface area (Å²) in [6.07, 6.45) is 4.31.